The second-order valence-electron chi connectivity index (χ2n) is 5.19. The van der Waals surface area contributed by atoms with Gasteiger partial charge in [0.25, 0.3) is 5.91 Å². The molecule has 1 atom stereocenters. The van der Waals surface area contributed by atoms with Gasteiger partial charge in [-0.2, -0.15) is 0 Å². The quantitative estimate of drug-likeness (QED) is 0.713. The molecule has 0 saturated carbocycles. The molecular weight excluding hydrogens is 408 g/mol. The maximum absolute atomic E-state index is 12.2. The zero-order valence-electron chi connectivity index (χ0n) is 14.1. The van der Waals surface area contributed by atoms with E-state index in [0.717, 1.165) is 9.35 Å². The summed E-state index contributed by atoms with van der Waals surface area (Å²) >= 11 is 4.62. The van der Waals surface area contributed by atoms with Crippen molar-refractivity contribution in [3.8, 4) is 11.5 Å². The van der Waals surface area contributed by atoms with E-state index in [1.807, 2.05) is 0 Å². The fraction of sp³-hybridized carbons (Fsp3) is 0.294. The number of thiophene rings is 1. The van der Waals surface area contributed by atoms with Crippen molar-refractivity contribution in [3.63, 3.8) is 0 Å². The average Bonchev–Trinajstić information content (AvgIpc) is 3.05. The van der Waals surface area contributed by atoms with E-state index in [0.29, 0.717) is 16.4 Å². The summed E-state index contributed by atoms with van der Waals surface area (Å²) in [5.41, 5.74) is 0.788. The minimum Gasteiger partial charge on any atom is -0.497 e. The number of benzene rings is 1. The number of methoxy groups -OCH3 is 2. The molecule has 0 radical (unpaired) electrons. The summed E-state index contributed by atoms with van der Waals surface area (Å²) in [6.45, 7) is 1.91. The fourth-order valence-corrected chi connectivity index (χ4v) is 3.41. The van der Waals surface area contributed by atoms with E-state index in [1.165, 1.54) is 11.3 Å². The van der Waals surface area contributed by atoms with E-state index in [2.05, 4.69) is 26.6 Å². The summed E-state index contributed by atoms with van der Waals surface area (Å²) in [6.07, 6.45) is 0. The lowest BCUT2D eigenvalue weighted by atomic mass is 10.2. The summed E-state index contributed by atoms with van der Waals surface area (Å²) in [4.78, 5) is 24.9. The summed E-state index contributed by atoms with van der Waals surface area (Å²) in [5, 5.41) is 5.47. The number of ether oxygens (including phenoxy) is 2. The molecule has 1 heterocycles. The Balaban J connectivity index is 1.94. The van der Waals surface area contributed by atoms with Gasteiger partial charge in [0, 0.05) is 12.1 Å². The van der Waals surface area contributed by atoms with Gasteiger partial charge in [0.1, 0.15) is 17.5 Å². The Morgan fingerprint density at radius 3 is 2.56 bits per heavy atom. The smallest absolute Gasteiger partial charge is 0.262 e. The second kappa shape index (κ2) is 8.87. The van der Waals surface area contributed by atoms with Crippen LogP contribution in [0, 0.1) is 0 Å². The molecule has 134 valence electrons. The highest BCUT2D eigenvalue weighted by atomic mass is 79.9. The van der Waals surface area contributed by atoms with E-state index in [9.17, 15) is 9.59 Å². The van der Waals surface area contributed by atoms with Crippen LogP contribution in [0.5, 0.6) is 11.5 Å². The third-order valence-electron chi connectivity index (χ3n) is 3.48. The van der Waals surface area contributed by atoms with Crippen molar-refractivity contribution in [2.75, 3.05) is 14.2 Å². The molecule has 0 bridgehead atoms. The second-order valence-corrected chi connectivity index (χ2v) is 7.66. The lowest BCUT2D eigenvalue weighted by Crippen LogP contribution is -2.44. The first-order valence-electron chi connectivity index (χ1n) is 7.49. The largest absolute Gasteiger partial charge is 0.497 e. The molecule has 2 amide bonds. The average molecular weight is 427 g/mol. The summed E-state index contributed by atoms with van der Waals surface area (Å²) in [5.74, 6) is 0.766. The van der Waals surface area contributed by atoms with Crippen LogP contribution in [0.15, 0.2) is 34.1 Å². The number of carbonyl (C=O) groups excluding carboxylic acids is 2. The molecule has 0 spiro atoms. The molecule has 0 aliphatic rings. The lowest BCUT2D eigenvalue weighted by Gasteiger charge is -2.15. The van der Waals surface area contributed by atoms with Crippen molar-refractivity contribution in [1.82, 2.24) is 10.6 Å². The minimum atomic E-state index is -0.662. The molecule has 6 nitrogen and oxygen atoms in total. The van der Waals surface area contributed by atoms with E-state index in [-0.39, 0.29) is 18.4 Å². The van der Waals surface area contributed by atoms with Crippen LogP contribution < -0.4 is 20.1 Å². The first-order valence-corrected chi connectivity index (χ1v) is 9.10. The van der Waals surface area contributed by atoms with Crippen LogP contribution >= 0.6 is 27.3 Å². The monoisotopic (exact) mass is 426 g/mol. The maximum atomic E-state index is 12.2. The van der Waals surface area contributed by atoms with Crippen LogP contribution in [0.25, 0.3) is 0 Å². The molecule has 1 unspecified atom stereocenters. The lowest BCUT2D eigenvalue weighted by molar-refractivity contribution is -0.122. The van der Waals surface area contributed by atoms with Crippen molar-refractivity contribution in [2.45, 2.75) is 19.5 Å². The van der Waals surface area contributed by atoms with Crippen molar-refractivity contribution in [1.29, 1.82) is 0 Å². The van der Waals surface area contributed by atoms with Gasteiger partial charge in [0.15, 0.2) is 0 Å². The van der Waals surface area contributed by atoms with Crippen LogP contribution in [0.3, 0.4) is 0 Å². The first-order chi connectivity index (χ1) is 11.9. The van der Waals surface area contributed by atoms with E-state index in [1.54, 1.807) is 51.5 Å². The Labute approximate surface area is 158 Å². The predicted molar refractivity (Wildman–Crippen MR) is 100 cm³/mol. The van der Waals surface area contributed by atoms with Crippen molar-refractivity contribution < 1.29 is 19.1 Å². The predicted octanol–water partition coefficient (Wildman–Crippen LogP) is 2.96. The number of halogens is 1. The van der Waals surface area contributed by atoms with Gasteiger partial charge in [-0.15, -0.1) is 11.3 Å². The Hall–Kier alpha value is -2.06. The first kappa shape index (κ1) is 19.3. The Bertz CT molecular complexity index is 763. The van der Waals surface area contributed by atoms with Gasteiger partial charge < -0.3 is 20.1 Å². The van der Waals surface area contributed by atoms with Gasteiger partial charge >= 0.3 is 0 Å². The van der Waals surface area contributed by atoms with Crippen molar-refractivity contribution in [3.05, 3.63) is 44.6 Å². The zero-order valence-corrected chi connectivity index (χ0v) is 16.5. The molecule has 1 aromatic heterocycles. The normalized spacial score (nSPS) is 11.5. The summed E-state index contributed by atoms with van der Waals surface area (Å²) < 4.78 is 11.3. The number of carbonyl (C=O) groups is 2. The number of hydrogen-bond donors (Lipinski definition) is 2. The van der Waals surface area contributed by atoms with Gasteiger partial charge in [-0.25, -0.2) is 0 Å². The molecule has 8 heteroatoms. The van der Waals surface area contributed by atoms with E-state index in [4.69, 9.17) is 9.47 Å². The minimum absolute atomic E-state index is 0.268. The van der Waals surface area contributed by atoms with Crippen molar-refractivity contribution >= 4 is 39.1 Å². The van der Waals surface area contributed by atoms with Gasteiger partial charge in [-0.05, 0) is 53.2 Å². The summed E-state index contributed by atoms with van der Waals surface area (Å²) in [7, 11) is 3.14. The molecule has 0 aliphatic carbocycles. The Morgan fingerprint density at radius 2 is 1.96 bits per heavy atom. The topological polar surface area (TPSA) is 76.7 Å². The van der Waals surface area contributed by atoms with Crippen LogP contribution in [-0.2, 0) is 11.3 Å². The van der Waals surface area contributed by atoms with Gasteiger partial charge in [-0.1, -0.05) is 0 Å². The zero-order chi connectivity index (χ0) is 18.4. The Morgan fingerprint density at radius 1 is 1.20 bits per heavy atom. The molecule has 0 saturated heterocycles. The molecule has 25 heavy (non-hydrogen) atoms. The molecule has 0 fully saturated rings. The van der Waals surface area contributed by atoms with E-state index < -0.39 is 6.04 Å². The summed E-state index contributed by atoms with van der Waals surface area (Å²) in [6, 6.07) is 8.19. The third kappa shape index (κ3) is 5.20. The van der Waals surface area contributed by atoms with Gasteiger partial charge in [0.2, 0.25) is 5.91 Å². The highest BCUT2D eigenvalue weighted by Crippen LogP contribution is 2.24. The highest BCUT2D eigenvalue weighted by molar-refractivity contribution is 9.11. The van der Waals surface area contributed by atoms with Crippen LogP contribution in [0.2, 0.25) is 0 Å². The molecular formula is C17H19BrN2O4S. The third-order valence-corrected chi connectivity index (χ3v) is 5.10. The molecule has 0 aliphatic heterocycles. The van der Waals surface area contributed by atoms with E-state index >= 15 is 0 Å². The SMILES string of the molecule is COc1ccc(OC)c(CNC(=O)C(C)NC(=O)c2ccc(Br)s2)c1. The molecule has 1 aromatic carbocycles. The maximum Gasteiger partial charge on any atom is 0.262 e. The Kier molecular flexibility index (Phi) is 6.83. The number of hydrogen-bond acceptors (Lipinski definition) is 5. The molecule has 2 aromatic rings. The number of nitrogens with one attached hydrogen (secondary N) is 2. The van der Waals surface area contributed by atoms with Crippen LogP contribution in [-0.4, -0.2) is 32.1 Å². The molecule has 2 rings (SSSR count). The standard InChI is InChI=1S/C17H19BrN2O4S/c1-10(20-17(22)14-6-7-15(18)25-14)16(21)19-9-11-8-12(23-2)4-5-13(11)24-3/h4-8,10H,9H2,1-3H3,(H,19,21)(H,20,22). The number of rotatable bonds is 7. The van der Waals surface area contributed by atoms with Crippen molar-refractivity contribution in [2.24, 2.45) is 0 Å². The van der Waals surface area contributed by atoms with Gasteiger partial charge in [0.05, 0.1) is 22.9 Å². The molecule has 2 N–H and O–H groups in total. The number of amides is 2. The van der Waals surface area contributed by atoms with Gasteiger partial charge in [-0.3, -0.25) is 9.59 Å². The fourth-order valence-electron chi connectivity index (χ4n) is 2.13. The van der Waals surface area contributed by atoms with Crippen LogP contribution in [0.4, 0.5) is 0 Å². The highest BCUT2D eigenvalue weighted by Gasteiger charge is 2.18. The van der Waals surface area contributed by atoms with Crippen LogP contribution in [0.1, 0.15) is 22.2 Å².